The summed E-state index contributed by atoms with van der Waals surface area (Å²) in [5, 5.41) is 12.8. The van der Waals surface area contributed by atoms with Gasteiger partial charge in [0.15, 0.2) is 0 Å². The van der Waals surface area contributed by atoms with Crippen molar-refractivity contribution in [3.63, 3.8) is 0 Å². The third kappa shape index (κ3) is 3.02. The molecule has 1 N–H and O–H groups in total. The zero-order valence-electron chi connectivity index (χ0n) is 7.41. The second kappa shape index (κ2) is 4.88. The van der Waals surface area contributed by atoms with E-state index in [0.29, 0.717) is 0 Å². The van der Waals surface area contributed by atoms with Gasteiger partial charge in [-0.2, -0.15) is 0 Å². The summed E-state index contributed by atoms with van der Waals surface area (Å²) in [5.74, 6) is 0. The second-order valence-corrected chi connectivity index (χ2v) is 3.07. The van der Waals surface area contributed by atoms with Crippen LogP contribution >= 0.6 is 11.6 Å². The number of hydrogen-bond donors (Lipinski definition) is 1. The molecule has 0 atom stereocenters. The fraction of sp³-hybridized carbons (Fsp3) is 0.250. The highest BCUT2D eigenvalue weighted by Gasteiger charge is 2.17. The summed E-state index contributed by atoms with van der Waals surface area (Å²) >= 11 is 5.65. The van der Waals surface area contributed by atoms with Crippen molar-refractivity contribution in [2.75, 3.05) is 11.9 Å². The van der Waals surface area contributed by atoms with E-state index >= 15 is 0 Å². The summed E-state index contributed by atoms with van der Waals surface area (Å²) in [4.78, 5) is 9.86. The van der Waals surface area contributed by atoms with Crippen molar-refractivity contribution in [1.29, 1.82) is 0 Å². The van der Waals surface area contributed by atoms with E-state index in [1.807, 2.05) is 0 Å². The first-order valence-electron chi connectivity index (χ1n) is 3.97. The molecule has 0 aliphatic heterocycles. The summed E-state index contributed by atoms with van der Waals surface area (Å²) in [6, 6.07) is 3.97. The Morgan fingerprint density at radius 2 is 2.20 bits per heavy atom. The SMILES string of the molecule is O=[N+]([O-])c1cccc(Cl)c1NCC(F)F. The minimum absolute atomic E-state index is 0.0462. The molecular weight excluding hydrogens is 230 g/mol. The predicted octanol–water partition coefficient (Wildman–Crippen LogP) is 2.93. The molecule has 0 fully saturated rings. The van der Waals surface area contributed by atoms with Crippen molar-refractivity contribution in [3.05, 3.63) is 33.3 Å². The quantitative estimate of drug-likeness (QED) is 0.646. The van der Waals surface area contributed by atoms with Crippen molar-refractivity contribution >= 4 is 23.0 Å². The largest absolute Gasteiger partial charge is 0.373 e. The zero-order chi connectivity index (χ0) is 11.4. The van der Waals surface area contributed by atoms with Gasteiger partial charge in [-0.3, -0.25) is 10.1 Å². The number of hydrogen-bond acceptors (Lipinski definition) is 3. The maximum absolute atomic E-state index is 11.9. The van der Waals surface area contributed by atoms with Gasteiger partial charge in [-0.1, -0.05) is 17.7 Å². The van der Waals surface area contributed by atoms with Gasteiger partial charge in [0, 0.05) is 6.07 Å². The van der Waals surface area contributed by atoms with Crippen LogP contribution in [0.4, 0.5) is 20.2 Å². The molecule has 0 aliphatic rings. The van der Waals surface area contributed by atoms with Crippen molar-refractivity contribution < 1.29 is 13.7 Å². The maximum Gasteiger partial charge on any atom is 0.293 e. The number of nitrogens with one attached hydrogen (secondary N) is 1. The van der Waals surface area contributed by atoms with Gasteiger partial charge in [-0.25, -0.2) is 8.78 Å². The molecular formula is C8H7ClF2N2O2. The third-order valence-electron chi connectivity index (χ3n) is 1.62. The molecule has 82 valence electrons. The minimum Gasteiger partial charge on any atom is -0.373 e. The predicted molar refractivity (Wildman–Crippen MR) is 52.6 cm³/mol. The van der Waals surface area contributed by atoms with Crippen LogP contribution in [0.15, 0.2) is 18.2 Å². The van der Waals surface area contributed by atoms with Crippen LogP contribution in [-0.2, 0) is 0 Å². The Hall–Kier alpha value is -1.43. The number of nitro benzene ring substituents is 1. The fourth-order valence-corrected chi connectivity index (χ4v) is 1.26. The van der Waals surface area contributed by atoms with Crippen LogP contribution in [0.2, 0.25) is 5.02 Å². The monoisotopic (exact) mass is 236 g/mol. The summed E-state index contributed by atoms with van der Waals surface area (Å²) in [6.45, 7) is -0.676. The van der Waals surface area contributed by atoms with Gasteiger partial charge in [-0.15, -0.1) is 0 Å². The smallest absolute Gasteiger partial charge is 0.293 e. The van der Waals surface area contributed by atoms with E-state index in [0.717, 1.165) is 0 Å². The lowest BCUT2D eigenvalue weighted by Gasteiger charge is -2.07. The Balaban J connectivity index is 2.97. The van der Waals surface area contributed by atoms with Crippen LogP contribution in [0, 0.1) is 10.1 Å². The lowest BCUT2D eigenvalue weighted by atomic mass is 10.2. The number of anilines is 1. The van der Waals surface area contributed by atoms with E-state index < -0.39 is 17.9 Å². The molecule has 0 unspecified atom stereocenters. The molecule has 1 aromatic carbocycles. The molecule has 0 bridgehead atoms. The van der Waals surface area contributed by atoms with Crippen LogP contribution in [0.3, 0.4) is 0 Å². The number of para-hydroxylation sites is 1. The highest BCUT2D eigenvalue weighted by Crippen LogP contribution is 2.31. The molecule has 0 saturated heterocycles. The minimum atomic E-state index is -2.60. The van der Waals surface area contributed by atoms with Crippen LogP contribution in [-0.4, -0.2) is 17.9 Å². The summed E-state index contributed by atoms with van der Waals surface area (Å²) < 4.78 is 23.8. The molecule has 4 nitrogen and oxygen atoms in total. The van der Waals surface area contributed by atoms with Crippen molar-refractivity contribution in [3.8, 4) is 0 Å². The highest BCUT2D eigenvalue weighted by molar-refractivity contribution is 6.33. The Bertz CT molecular complexity index is 374. The number of halogens is 3. The van der Waals surface area contributed by atoms with Gasteiger partial charge in [0.05, 0.1) is 16.5 Å². The lowest BCUT2D eigenvalue weighted by Crippen LogP contribution is -2.11. The van der Waals surface area contributed by atoms with Gasteiger partial charge in [0.2, 0.25) is 0 Å². The number of alkyl halides is 2. The van der Waals surface area contributed by atoms with Gasteiger partial charge in [-0.05, 0) is 6.07 Å². The molecule has 7 heteroatoms. The fourth-order valence-electron chi connectivity index (χ4n) is 1.02. The first kappa shape index (κ1) is 11.6. The average Bonchev–Trinajstić information content (AvgIpc) is 2.15. The molecule has 1 aromatic rings. The van der Waals surface area contributed by atoms with Gasteiger partial charge < -0.3 is 5.32 Å². The maximum atomic E-state index is 11.9. The average molecular weight is 237 g/mol. The molecule has 0 radical (unpaired) electrons. The normalized spacial score (nSPS) is 10.4. The molecule has 15 heavy (non-hydrogen) atoms. The first-order chi connectivity index (χ1) is 7.02. The van der Waals surface area contributed by atoms with E-state index in [2.05, 4.69) is 5.32 Å². The van der Waals surface area contributed by atoms with E-state index in [4.69, 9.17) is 11.6 Å². The standard InChI is InChI=1S/C8H7ClF2N2O2/c9-5-2-1-3-6(13(14)15)8(5)12-4-7(10)11/h1-3,7,12H,4H2. The Morgan fingerprint density at radius 1 is 1.53 bits per heavy atom. The second-order valence-electron chi connectivity index (χ2n) is 2.66. The highest BCUT2D eigenvalue weighted by atomic mass is 35.5. The molecule has 0 spiro atoms. The summed E-state index contributed by atoms with van der Waals surface area (Å²) in [5.41, 5.74) is -0.396. The molecule has 0 saturated carbocycles. The molecule has 0 heterocycles. The molecule has 0 aromatic heterocycles. The van der Waals surface area contributed by atoms with Crippen LogP contribution < -0.4 is 5.32 Å². The van der Waals surface area contributed by atoms with Crippen molar-refractivity contribution in [1.82, 2.24) is 0 Å². The first-order valence-corrected chi connectivity index (χ1v) is 4.35. The molecule has 0 aliphatic carbocycles. The van der Waals surface area contributed by atoms with E-state index in [1.165, 1.54) is 18.2 Å². The van der Waals surface area contributed by atoms with Gasteiger partial charge >= 0.3 is 0 Å². The molecule has 1 rings (SSSR count). The van der Waals surface area contributed by atoms with Crippen molar-refractivity contribution in [2.24, 2.45) is 0 Å². The zero-order valence-corrected chi connectivity index (χ0v) is 8.17. The Kier molecular flexibility index (Phi) is 3.79. The number of benzene rings is 1. The van der Waals surface area contributed by atoms with Crippen LogP contribution in [0.25, 0.3) is 0 Å². The third-order valence-corrected chi connectivity index (χ3v) is 1.94. The summed E-state index contributed by atoms with van der Waals surface area (Å²) in [7, 11) is 0. The topological polar surface area (TPSA) is 55.2 Å². The Labute approximate surface area is 89.0 Å². The number of nitro groups is 1. The number of nitrogens with zero attached hydrogens (tertiary/aromatic N) is 1. The van der Waals surface area contributed by atoms with E-state index in [9.17, 15) is 18.9 Å². The van der Waals surface area contributed by atoms with E-state index in [1.54, 1.807) is 0 Å². The Morgan fingerprint density at radius 3 is 2.73 bits per heavy atom. The van der Waals surface area contributed by atoms with Crippen LogP contribution in [0.1, 0.15) is 0 Å². The molecule has 0 amide bonds. The van der Waals surface area contributed by atoms with Crippen LogP contribution in [0.5, 0.6) is 0 Å². The summed E-state index contributed by atoms with van der Waals surface area (Å²) in [6.07, 6.45) is -2.60. The van der Waals surface area contributed by atoms with Crippen molar-refractivity contribution in [2.45, 2.75) is 6.43 Å². The van der Waals surface area contributed by atoms with Gasteiger partial charge in [0.25, 0.3) is 12.1 Å². The van der Waals surface area contributed by atoms with Gasteiger partial charge in [0.1, 0.15) is 5.69 Å². The number of rotatable bonds is 4. The van der Waals surface area contributed by atoms with E-state index in [-0.39, 0.29) is 16.4 Å². The lowest BCUT2D eigenvalue weighted by molar-refractivity contribution is -0.383.